The van der Waals surface area contributed by atoms with Crippen LogP contribution in [-0.2, 0) is 0 Å². The van der Waals surface area contributed by atoms with Gasteiger partial charge in [0, 0.05) is 18.7 Å². The van der Waals surface area contributed by atoms with Crippen molar-refractivity contribution in [3.63, 3.8) is 0 Å². The number of hydrazone groups is 1. The molecule has 2 aliphatic heterocycles. The van der Waals surface area contributed by atoms with E-state index in [0.29, 0.717) is 23.4 Å². The lowest BCUT2D eigenvalue weighted by Crippen LogP contribution is -2.58. The molecule has 1 fully saturated rings. The van der Waals surface area contributed by atoms with Gasteiger partial charge in [0.2, 0.25) is 0 Å². The summed E-state index contributed by atoms with van der Waals surface area (Å²) < 4.78 is 35.5. The van der Waals surface area contributed by atoms with Crippen molar-refractivity contribution in [3.8, 4) is 17.6 Å². The Morgan fingerprint density at radius 2 is 1.95 bits per heavy atom. The van der Waals surface area contributed by atoms with Crippen molar-refractivity contribution in [2.24, 2.45) is 5.10 Å². The molecule has 1 saturated heterocycles. The summed E-state index contributed by atoms with van der Waals surface area (Å²) in [6.45, 7) is 3.44. The Labute approximate surface area is 215 Å². The fourth-order valence-corrected chi connectivity index (χ4v) is 4.53. The fourth-order valence-electron chi connectivity index (χ4n) is 4.53. The van der Waals surface area contributed by atoms with Gasteiger partial charge in [0.25, 0.3) is 0 Å². The SMILES string of the molecule is Cc1nn(-c2cc(OC3CN(C(=O)N4N=CCC4c4cc(F)cc(C#N)c4)C3)c(F)cn2)c(C)c1C(=O)O. The van der Waals surface area contributed by atoms with E-state index >= 15 is 0 Å². The van der Waals surface area contributed by atoms with Gasteiger partial charge < -0.3 is 14.7 Å². The number of carbonyl (C=O) groups excluding carboxylic acids is 1. The zero-order valence-corrected chi connectivity index (χ0v) is 20.3. The van der Waals surface area contributed by atoms with Crippen LogP contribution in [-0.4, -0.2) is 67.2 Å². The van der Waals surface area contributed by atoms with E-state index < -0.39 is 35.8 Å². The number of hydrogen-bond acceptors (Lipinski definition) is 7. The maximum absolute atomic E-state index is 14.5. The van der Waals surface area contributed by atoms with Gasteiger partial charge in [-0.1, -0.05) is 0 Å². The second-order valence-corrected chi connectivity index (χ2v) is 8.94. The fraction of sp³-hybridized carbons (Fsp3) is 0.280. The normalized spacial score (nSPS) is 16.9. The van der Waals surface area contributed by atoms with Crippen molar-refractivity contribution in [1.82, 2.24) is 24.7 Å². The number of nitrogens with zero attached hydrogens (tertiary/aromatic N) is 7. The molecule has 13 heteroatoms. The predicted molar refractivity (Wildman–Crippen MR) is 128 cm³/mol. The van der Waals surface area contributed by atoms with E-state index in [2.05, 4.69) is 15.2 Å². The number of amides is 2. The van der Waals surface area contributed by atoms with E-state index in [4.69, 9.17) is 10.00 Å². The summed E-state index contributed by atoms with van der Waals surface area (Å²) in [6.07, 6.45) is 2.37. The number of aromatic carboxylic acids is 1. The van der Waals surface area contributed by atoms with Gasteiger partial charge >= 0.3 is 12.0 Å². The van der Waals surface area contributed by atoms with Gasteiger partial charge in [-0.2, -0.15) is 15.5 Å². The summed E-state index contributed by atoms with van der Waals surface area (Å²) in [5, 5.41) is 28.1. The molecule has 5 rings (SSSR count). The monoisotopic (exact) mass is 521 g/mol. The number of carboxylic acid groups (broad SMARTS) is 1. The highest BCUT2D eigenvalue weighted by atomic mass is 19.1. The quantitative estimate of drug-likeness (QED) is 0.544. The lowest BCUT2D eigenvalue weighted by molar-refractivity contribution is 0.0256. The maximum atomic E-state index is 14.5. The molecule has 3 aromatic rings. The van der Waals surface area contributed by atoms with Crippen LogP contribution in [0.15, 0.2) is 35.6 Å². The third-order valence-electron chi connectivity index (χ3n) is 6.40. The number of pyridine rings is 1. The molecular weight excluding hydrogens is 500 g/mol. The highest BCUT2D eigenvalue weighted by Crippen LogP contribution is 2.32. The van der Waals surface area contributed by atoms with Crippen molar-refractivity contribution in [2.45, 2.75) is 32.4 Å². The first-order chi connectivity index (χ1) is 18.2. The number of carboxylic acids is 1. The Morgan fingerprint density at radius 1 is 1.18 bits per heavy atom. The van der Waals surface area contributed by atoms with Gasteiger partial charge in [0.15, 0.2) is 17.4 Å². The van der Waals surface area contributed by atoms with E-state index in [1.54, 1.807) is 20.1 Å². The average Bonchev–Trinajstić information content (AvgIpc) is 3.45. The predicted octanol–water partition coefficient (Wildman–Crippen LogP) is 3.35. The van der Waals surface area contributed by atoms with Gasteiger partial charge in [0.05, 0.1) is 48.3 Å². The van der Waals surface area contributed by atoms with Crippen LogP contribution in [0.3, 0.4) is 0 Å². The summed E-state index contributed by atoms with van der Waals surface area (Å²) in [6, 6.07) is 6.16. The minimum absolute atomic E-state index is 0.0386. The molecule has 11 nitrogen and oxygen atoms in total. The average molecular weight is 521 g/mol. The number of aromatic nitrogens is 3. The molecule has 0 bridgehead atoms. The molecule has 1 unspecified atom stereocenters. The first-order valence-electron chi connectivity index (χ1n) is 11.6. The molecule has 1 N–H and O–H groups in total. The number of aryl methyl sites for hydroxylation is 1. The molecular formula is C25H21F2N7O4. The zero-order valence-electron chi connectivity index (χ0n) is 20.3. The summed E-state index contributed by atoms with van der Waals surface area (Å²) in [5.41, 5.74) is 1.28. The molecule has 1 atom stereocenters. The third-order valence-corrected chi connectivity index (χ3v) is 6.40. The molecule has 38 heavy (non-hydrogen) atoms. The van der Waals surface area contributed by atoms with Crippen LogP contribution in [0.25, 0.3) is 5.82 Å². The number of likely N-dealkylation sites (tertiary alicyclic amines) is 1. The molecule has 0 spiro atoms. The molecule has 2 amide bonds. The van der Waals surface area contributed by atoms with Crippen LogP contribution in [0, 0.1) is 36.8 Å². The van der Waals surface area contributed by atoms with E-state index in [9.17, 15) is 23.5 Å². The van der Waals surface area contributed by atoms with Gasteiger partial charge in [0.1, 0.15) is 17.5 Å². The molecule has 0 radical (unpaired) electrons. The number of rotatable bonds is 5. The minimum atomic E-state index is -1.13. The standard InChI is InChI=1S/C25H21F2N7O4/c1-13-23(24(35)36)14(2)33(31-13)22-8-21(19(27)10-29-22)38-18-11-32(12-18)25(37)34-20(3-4-30-34)16-5-15(9-28)6-17(26)7-16/h4-8,10,18,20H,3,11-12H2,1-2H3,(H,35,36). The molecule has 0 aliphatic carbocycles. The largest absolute Gasteiger partial charge is 0.483 e. The molecule has 1 aromatic carbocycles. The van der Waals surface area contributed by atoms with Crippen molar-refractivity contribution < 1.29 is 28.2 Å². The van der Waals surface area contributed by atoms with Gasteiger partial charge in [-0.3, -0.25) is 0 Å². The molecule has 0 saturated carbocycles. The number of nitriles is 1. The Balaban J connectivity index is 1.27. The molecule has 2 aliphatic rings. The lowest BCUT2D eigenvalue weighted by Gasteiger charge is -2.41. The van der Waals surface area contributed by atoms with E-state index in [0.717, 1.165) is 12.3 Å². The number of ether oxygens (including phenoxy) is 1. The highest BCUT2D eigenvalue weighted by molar-refractivity contribution is 5.90. The zero-order chi connectivity index (χ0) is 27.1. The maximum Gasteiger partial charge on any atom is 0.341 e. The summed E-state index contributed by atoms with van der Waals surface area (Å²) in [7, 11) is 0. The van der Waals surface area contributed by atoms with Crippen LogP contribution in [0.2, 0.25) is 0 Å². The van der Waals surface area contributed by atoms with Crippen LogP contribution in [0.4, 0.5) is 13.6 Å². The second kappa shape index (κ2) is 9.55. The van der Waals surface area contributed by atoms with Crippen LogP contribution in [0.5, 0.6) is 5.75 Å². The molecule has 194 valence electrons. The Morgan fingerprint density at radius 3 is 2.63 bits per heavy atom. The lowest BCUT2D eigenvalue weighted by atomic mass is 10.0. The summed E-state index contributed by atoms with van der Waals surface area (Å²) in [5.74, 6) is -2.35. The minimum Gasteiger partial charge on any atom is -0.483 e. The van der Waals surface area contributed by atoms with Gasteiger partial charge in [-0.15, -0.1) is 0 Å². The third kappa shape index (κ3) is 4.40. The Hall–Kier alpha value is -4.86. The van der Waals surface area contributed by atoms with Crippen molar-refractivity contribution in [2.75, 3.05) is 13.1 Å². The van der Waals surface area contributed by atoms with E-state index in [1.807, 2.05) is 6.07 Å². The van der Waals surface area contributed by atoms with E-state index in [1.165, 1.54) is 32.8 Å². The van der Waals surface area contributed by atoms with Gasteiger partial charge in [-0.25, -0.2) is 33.0 Å². The summed E-state index contributed by atoms with van der Waals surface area (Å²) in [4.78, 5) is 30.0. The Bertz CT molecular complexity index is 1520. The molecule has 4 heterocycles. The number of halogens is 2. The number of benzene rings is 1. The first-order valence-corrected chi connectivity index (χ1v) is 11.6. The number of carbonyl (C=O) groups is 2. The summed E-state index contributed by atoms with van der Waals surface area (Å²) >= 11 is 0. The van der Waals surface area contributed by atoms with Crippen molar-refractivity contribution in [3.05, 3.63) is 70.2 Å². The smallest absolute Gasteiger partial charge is 0.341 e. The van der Waals surface area contributed by atoms with Gasteiger partial charge in [-0.05, 0) is 37.6 Å². The number of hydrogen-bond donors (Lipinski definition) is 1. The van der Waals surface area contributed by atoms with Crippen molar-refractivity contribution >= 4 is 18.2 Å². The van der Waals surface area contributed by atoms with Crippen LogP contribution < -0.4 is 4.74 Å². The number of urea groups is 1. The molecule has 2 aromatic heterocycles. The first kappa shape index (κ1) is 24.8. The van der Waals surface area contributed by atoms with Crippen LogP contribution in [0.1, 0.15) is 45.3 Å². The van der Waals surface area contributed by atoms with Crippen molar-refractivity contribution in [1.29, 1.82) is 5.26 Å². The van der Waals surface area contributed by atoms with E-state index in [-0.39, 0.29) is 35.8 Å². The highest BCUT2D eigenvalue weighted by Gasteiger charge is 2.39. The second-order valence-electron chi connectivity index (χ2n) is 8.94. The van der Waals surface area contributed by atoms with Crippen LogP contribution >= 0.6 is 0 Å². The Kier molecular flexibility index (Phi) is 6.23. The topological polar surface area (TPSA) is 137 Å².